The number of ether oxygens (including phenoxy) is 1. The number of piperazine rings is 1. The highest BCUT2D eigenvalue weighted by Crippen LogP contribution is 2.30. The topological polar surface area (TPSA) is 92.7 Å². The molecular weight excluding hydrogens is 368 g/mol. The SMILES string of the molecule is Nc1nc(N2CCN(c3ccc(O)cc3)CC2)nc2c1ccn2C1CCCCO1. The number of rotatable bonds is 3. The van der Waals surface area contributed by atoms with Gasteiger partial charge in [-0.1, -0.05) is 0 Å². The number of anilines is 3. The Kier molecular flexibility index (Phi) is 4.63. The standard InChI is InChI=1S/C21H26N6O2/c22-19-17-8-9-27(18-3-1-2-14-29-18)20(17)24-21(23-19)26-12-10-25(11-13-26)15-4-6-16(28)7-5-15/h4-9,18,28H,1-3,10-14H2,(H2,22,23,24). The molecule has 2 aromatic heterocycles. The van der Waals surface area contributed by atoms with E-state index in [1.165, 1.54) is 0 Å². The van der Waals surface area contributed by atoms with Crippen LogP contribution in [0, 0.1) is 0 Å². The van der Waals surface area contributed by atoms with E-state index in [-0.39, 0.29) is 12.0 Å². The summed E-state index contributed by atoms with van der Waals surface area (Å²) in [5.74, 6) is 1.48. The Balaban J connectivity index is 1.37. The van der Waals surface area contributed by atoms with Gasteiger partial charge in [0.15, 0.2) is 0 Å². The van der Waals surface area contributed by atoms with Gasteiger partial charge in [0.1, 0.15) is 23.4 Å². The molecule has 0 spiro atoms. The second-order valence-corrected chi connectivity index (χ2v) is 7.68. The molecule has 0 saturated carbocycles. The number of nitrogens with two attached hydrogens (primary N) is 1. The normalized spacial score (nSPS) is 20.3. The maximum atomic E-state index is 9.49. The van der Waals surface area contributed by atoms with Crippen molar-refractivity contribution in [1.82, 2.24) is 14.5 Å². The van der Waals surface area contributed by atoms with E-state index in [1.807, 2.05) is 24.4 Å². The van der Waals surface area contributed by atoms with Gasteiger partial charge in [-0.15, -0.1) is 0 Å². The van der Waals surface area contributed by atoms with Gasteiger partial charge in [-0.3, -0.25) is 0 Å². The van der Waals surface area contributed by atoms with E-state index in [0.29, 0.717) is 11.8 Å². The van der Waals surface area contributed by atoms with Gasteiger partial charge in [0.2, 0.25) is 5.95 Å². The zero-order valence-corrected chi connectivity index (χ0v) is 16.4. The van der Waals surface area contributed by atoms with Crippen LogP contribution in [-0.4, -0.2) is 52.4 Å². The molecule has 152 valence electrons. The van der Waals surface area contributed by atoms with Gasteiger partial charge in [-0.05, 0) is 49.6 Å². The second kappa shape index (κ2) is 7.44. The van der Waals surface area contributed by atoms with Crippen LogP contribution < -0.4 is 15.5 Å². The van der Waals surface area contributed by atoms with Gasteiger partial charge in [-0.2, -0.15) is 9.97 Å². The predicted molar refractivity (Wildman–Crippen MR) is 113 cm³/mol. The zero-order valence-electron chi connectivity index (χ0n) is 16.4. The van der Waals surface area contributed by atoms with Crippen molar-refractivity contribution in [1.29, 1.82) is 0 Å². The number of benzene rings is 1. The molecule has 0 amide bonds. The molecule has 5 rings (SSSR count). The fourth-order valence-corrected chi connectivity index (χ4v) is 4.19. The van der Waals surface area contributed by atoms with Crippen molar-refractivity contribution < 1.29 is 9.84 Å². The average Bonchev–Trinajstić information content (AvgIpc) is 3.20. The van der Waals surface area contributed by atoms with Crippen LogP contribution in [-0.2, 0) is 4.74 Å². The number of nitrogen functional groups attached to an aromatic ring is 1. The van der Waals surface area contributed by atoms with Crippen molar-refractivity contribution >= 4 is 28.5 Å². The van der Waals surface area contributed by atoms with E-state index in [4.69, 9.17) is 15.5 Å². The number of aromatic nitrogens is 3. The molecule has 2 aliphatic rings. The van der Waals surface area contributed by atoms with Crippen LogP contribution in [0.5, 0.6) is 5.75 Å². The summed E-state index contributed by atoms with van der Waals surface area (Å²) in [6, 6.07) is 9.32. The van der Waals surface area contributed by atoms with Crippen molar-refractivity contribution in [2.75, 3.05) is 48.3 Å². The van der Waals surface area contributed by atoms with Gasteiger partial charge >= 0.3 is 0 Å². The Morgan fingerprint density at radius 1 is 0.966 bits per heavy atom. The minimum absolute atomic E-state index is 0.0229. The Labute approximate surface area is 169 Å². The Morgan fingerprint density at radius 2 is 1.72 bits per heavy atom. The highest BCUT2D eigenvalue weighted by Gasteiger charge is 2.23. The summed E-state index contributed by atoms with van der Waals surface area (Å²) < 4.78 is 8.05. The van der Waals surface area contributed by atoms with Crippen LogP contribution in [0.4, 0.5) is 17.5 Å². The lowest BCUT2D eigenvalue weighted by Crippen LogP contribution is -2.47. The molecule has 2 aliphatic heterocycles. The molecule has 2 fully saturated rings. The summed E-state index contributed by atoms with van der Waals surface area (Å²) in [5.41, 5.74) is 8.23. The van der Waals surface area contributed by atoms with Crippen molar-refractivity contribution in [2.24, 2.45) is 0 Å². The van der Waals surface area contributed by atoms with Crippen molar-refractivity contribution in [3.8, 4) is 5.75 Å². The number of nitrogens with zero attached hydrogens (tertiary/aromatic N) is 5. The number of phenols is 1. The molecule has 0 radical (unpaired) electrons. The Hall–Kier alpha value is -3.00. The summed E-state index contributed by atoms with van der Waals surface area (Å²) in [5, 5.41) is 10.4. The Bertz CT molecular complexity index is 988. The van der Waals surface area contributed by atoms with Crippen molar-refractivity contribution in [3.63, 3.8) is 0 Å². The first kappa shape index (κ1) is 18.1. The molecule has 0 aliphatic carbocycles. The third-order valence-electron chi connectivity index (χ3n) is 5.83. The largest absolute Gasteiger partial charge is 0.508 e. The number of phenolic OH excluding ortho intramolecular Hbond substituents is 1. The van der Waals surface area contributed by atoms with E-state index in [9.17, 15) is 5.11 Å². The fraction of sp³-hybridized carbons (Fsp3) is 0.429. The summed E-state index contributed by atoms with van der Waals surface area (Å²) in [7, 11) is 0. The van der Waals surface area contributed by atoms with E-state index < -0.39 is 0 Å². The van der Waals surface area contributed by atoms with Crippen LogP contribution in [0.15, 0.2) is 36.5 Å². The monoisotopic (exact) mass is 394 g/mol. The predicted octanol–water partition coefficient (Wildman–Crippen LogP) is 2.74. The first-order chi connectivity index (χ1) is 14.2. The molecule has 0 bridgehead atoms. The van der Waals surface area contributed by atoms with Gasteiger partial charge < -0.3 is 29.9 Å². The van der Waals surface area contributed by atoms with Gasteiger partial charge in [-0.25, -0.2) is 0 Å². The summed E-state index contributed by atoms with van der Waals surface area (Å²) in [6.07, 6.45) is 5.31. The zero-order chi connectivity index (χ0) is 19.8. The molecule has 8 heteroatoms. The van der Waals surface area contributed by atoms with Crippen LogP contribution >= 0.6 is 0 Å². The van der Waals surface area contributed by atoms with Crippen molar-refractivity contribution in [2.45, 2.75) is 25.5 Å². The van der Waals surface area contributed by atoms with Crippen LogP contribution in [0.2, 0.25) is 0 Å². The highest BCUT2D eigenvalue weighted by molar-refractivity contribution is 5.87. The summed E-state index contributed by atoms with van der Waals surface area (Å²) in [4.78, 5) is 13.9. The molecule has 2 saturated heterocycles. The van der Waals surface area contributed by atoms with Crippen LogP contribution in [0.25, 0.3) is 11.0 Å². The molecule has 29 heavy (non-hydrogen) atoms. The summed E-state index contributed by atoms with van der Waals surface area (Å²) in [6.45, 7) is 4.13. The van der Waals surface area contributed by atoms with Gasteiger partial charge in [0.05, 0.1) is 5.39 Å². The number of hydrogen-bond donors (Lipinski definition) is 2. The van der Waals surface area contributed by atoms with Crippen LogP contribution in [0.1, 0.15) is 25.5 Å². The molecule has 3 N–H and O–H groups in total. The molecule has 1 unspecified atom stereocenters. The third-order valence-corrected chi connectivity index (χ3v) is 5.83. The molecule has 3 aromatic rings. The van der Waals surface area contributed by atoms with E-state index >= 15 is 0 Å². The average molecular weight is 394 g/mol. The van der Waals surface area contributed by atoms with E-state index in [0.717, 1.165) is 68.8 Å². The van der Waals surface area contributed by atoms with Crippen LogP contribution in [0.3, 0.4) is 0 Å². The lowest BCUT2D eigenvalue weighted by atomic mass is 10.2. The number of aromatic hydroxyl groups is 1. The molecule has 1 aromatic carbocycles. The van der Waals surface area contributed by atoms with Crippen molar-refractivity contribution in [3.05, 3.63) is 36.5 Å². The smallest absolute Gasteiger partial charge is 0.229 e. The quantitative estimate of drug-likeness (QED) is 0.706. The minimum Gasteiger partial charge on any atom is -0.508 e. The number of fused-ring (bicyclic) bond motifs is 1. The lowest BCUT2D eigenvalue weighted by Gasteiger charge is -2.36. The highest BCUT2D eigenvalue weighted by atomic mass is 16.5. The van der Waals surface area contributed by atoms with E-state index in [1.54, 1.807) is 12.1 Å². The second-order valence-electron chi connectivity index (χ2n) is 7.68. The molecule has 1 atom stereocenters. The number of hydrogen-bond acceptors (Lipinski definition) is 7. The summed E-state index contributed by atoms with van der Waals surface area (Å²) >= 11 is 0. The Morgan fingerprint density at radius 3 is 2.45 bits per heavy atom. The minimum atomic E-state index is 0.0229. The van der Waals surface area contributed by atoms with Gasteiger partial charge in [0, 0.05) is 44.7 Å². The van der Waals surface area contributed by atoms with E-state index in [2.05, 4.69) is 19.4 Å². The third kappa shape index (κ3) is 3.44. The molecule has 8 nitrogen and oxygen atoms in total. The fourth-order valence-electron chi connectivity index (χ4n) is 4.19. The lowest BCUT2D eigenvalue weighted by molar-refractivity contribution is -0.0294. The first-order valence-electron chi connectivity index (χ1n) is 10.2. The molecule has 4 heterocycles. The van der Waals surface area contributed by atoms with Gasteiger partial charge in [0.25, 0.3) is 0 Å². The maximum absolute atomic E-state index is 9.49. The molecular formula is C21H26N6O2. The maximum Gasteiger partial charge on any atom is 0.229 e. The first-order valence-corrected chi connectivity index (χ1v) is 10.2.